The number of methoxy groups -OCH3 is 3. The highest BCUT2D eigenvalue weighted by molar-refractivity contribution is 5.94. The Morgan fingerprint density at radius 1 is 1.16 bits per heavy atom. The number of carbonyl (C=O) groups excluding carboxylic acids is 2. The highest BCUT2D eigenvalue weighted by Crippen LogP contribution is 2.26. The molecular formula is C17H30O8. The fourth-order valence-corrected chi connectivity index (χ4v) is 2.06. The van der Waals surface area contributed by atoms with Crippen LogP contribution in [0.3, 0.4) is 0 Å². The van der Waals surface area contributed by atoms with Gasteiger partial charge in [0, 0.05) is 7.11 Å². The predicted octanol–water partition coefficient (Wildman–Crippen LogP) is 1.55. The first-order valence-corrected chi connectivity index (χ1v) is 8.16. The van der Waals surface area contributed by atoms with Gasteiger partial charge in [-0.15, -0.1) is 0 Å². The Balaban J connectivity index is 5.49. The molecule has 146 valence electrons. The molecular weight excluding hydrogens is 332 g/mol. The minimum Gasteiger partial charge on any atom is -0.480 e. The minimum atomic E-state index is -1.13. The van der Waals surface area contributed by atoms with Crippen molar-refractivity contribution in [3.63, 3.8) is 0 Å². The van der Waals surface area contributed by atoms with Crippen LogP contribution in [0.5, 0.6) is 0 Å². The molecule has 0 aromatic carbocycles. The topological polar surface area (TPSA) is 101 Å². The lowest BCUT2D eigenvalue weighted by atomic mass is 9.94. The summed E-state index contributed by atoms with van der Waals surface area (Å²) in [6.07, 6.45) is 3.44. The Morgan fingerprint density at radius 2 is 1.84 bits per heavy atom. The number of ether oxygens (including phenoxy) is 5. The smallest absolute Gasteiger partial charge is 0.373 e. The van der Waals surface area contributed by atoms with E-state index in [4.69, 9.17) is 14.2 Å². The van der Waals surface area contributed by atoms with Crippen LogP contribution in [0.1, 0.15) is 39.5 Å². The number of carbonyl (C=O) groups is 2. The first-order chi connectivity index (χ1) is 11.9. The first kappa shape index (κ1) is 23.4. The number of aliphatic hydroxyl groups excluding tert-OH is 1. The van der Waals surface area contributed by atoms with Crippen LogP contribution in [-0.4, -0.2) is 63.5 Å². The third kappa shape index (κ3) is 8.33. The highest BCUT2D eigenvalue weighted by Gasteiger charge is 2.38. The summed E-state index contributed by atoms with van der Waals surface area (Å²) in [5.74, 6) is -1.88. The van der Waals surface area contributed by atoms with Crippen LogP contribution in [0.15, 0.2) is 11.8 Å². The maximum Gasteiger partial charge on any atom is 0.373 e. The Labute approximate surface area is 149 Å². The van der Waals surface area contributed by atoms with Crippen molar-refractivity contribution >= 4 is 11.9 Å². The van der Waals surface area contributed by atoms with Crippen molar-refractivity contribution in [1.82, 2.24) is 0 Å². The number of aliphatic hydroxyl groups is 1. The second-order valence-corrected chi connectivity index (χ2v) is 5.65. The summed E-state index contributed by atoms with van der Waals surface area (Å²) in [5, 5.41) is 9.79. The Bertz CT molecular complexity index is 434. The zero-order valence-corrected chi connectivity index (χ0v) is 15.7. The van der Waals surface area contributed by atoms with Gasteiger partial charge in [0.1, 0.15) is 18.5 Å². The van der Waals surface area contributed by atoms with Gasteiger partial charge in [-0.2, -0.15) is 0 Å². The van der Waals surface area contributed by atoms with Crippen molar-refractivity contribution in [3.8, 4) is 0 Å². The molecule has 0 aliphatic rings. The van der Waals surface area contributed by atoms with Crippen LogP contribution >= 0.6 is 0 Å². The molecule has 0 unspecified atom stereocenters. The third-order valence-electron chi connectivity index (χ3n) is 3.68. The normalized spacial score (nSPS) is 15.2. The minimum absolute atomic E-state index is 0.0566. The number of hydrogen-bond acceptors (Lipinski definition) is 8. The molecule has 0 spiro atoms. The Hall–Kier alpha value is -1.64. The summed E-state index contributed by atoms with van der Waals surface area (Å²) in [4.78, 5) is 23.4. The van der Waals surface area contributed by atoms with Gasteiger partial charge in [-0.3, -0.25) is 0 Å². The fraction of sp³-hybridized carbons (Fsp3) is 0.765. The molecule has 0 aliphatic carbocycles. The van der Waals surface area contributed by atoms with E-state index in [1.807, 2.05) is 0 Å². The SMILES string of the molecule is CCCCC[C@@H](O/C(=C/C(=O)OC)C(=O)OC)[C@@](C)(CO)OCOC. The van der Waals surface area contributed by atoms with Crippen molar-refractivity contribution in [3.05, 3.63) is 11.8 Å². The summed E-state index contributed by atoms with van der Waals surface area (Å²) in [5.41, 5.74) is -1.13. The molecule has 0 radical (unpaired) electrons. The summed E-state index contributed by atoms with van der Waals surface area (Å²) in [6.45, 7) is 3.29. The van der Waals surface area contributed by atoms with Crippen molar-refractivity contribution in [2.45, 2.75) is 51.2 Å². The van der Waals surface area contributed by atoms with Gasteiger partial charge in [-0.1, -0.05) is 19.8 Å². The van der Waals surface area contributed by atoms with E-state index in [9.17, 15) is 14.7 Å². The molecule has 0 bridgehead atoms. The van der Waals surface area contributed by atoms with Gasteiger partial charge in [-0.25, -0.2) is 9.59 Å². The van der Waals surface area contributed by atoms with Crippen molar-refractivity contribution in [2.75, 3.05) is 34.7 Å². The summed E-state index contributed by atoms with van der Waals surface area (Å²) < 4.78 is 25.4. The lowest BCUT2D eigenvalue weighted by molar-refractivity contribution is -0.193. The van der Waals surface area contributed by atoms with Crippen LogP contribution in [0.4, 0.5) is 0 Å². The van der Waals surface area contributed by atoms with E-state index in [1.165, 1.54) is 21.3 Å². The molecule has 8 nitrogen and oxygen atoms in total. The van der Waals surface area contributed by atoms with E-state index in [2.05, 4.69) is 16.4 Å². The summed E-state index contributed by atoms with van der Waals surface area (Å²) in [6, 6.07) is 0. The molecule has 0 aliphatic heterocycles. The second-order valence-electron chi connectivity index (χ2n) is 5.65. The number of hydrogen-bond donors (Lipinski definition) is 1. The summed E-state index contributed by atoms with van der Waals surface area (Å²) >= 11 is 0. The van der Waals surface area contributed by atoms with E-state index in [0.29, 0.717) is 6.42 Å². The Morgan fingerprint density at radius 3 is 2.32 bits per heavy atom. The van der Waals surface area contributed by atoms with Gasteiger partial charge in [0.15, 0.2) is 0 Å². The standard InChI is InChI=1S/C17H30O8/c1-6-7-8-9-14(17(2,11-18)24-12-21-3)25-13(16(20)23-5)10-15(19)22-4/h10,14,18H,6-9,11-12H2,1-5H3/b13-10+/t14-,17-/m1/s1. The van der Waals surface area contributed by atoms with Crippen LogP contribution in [0.25, 0.3) is 0 Å². The average molecular weight is 362 g/mol. The molecule has 0 saturated heterocycles. The van der Waals surface area contributed by atoms with E-state index in [-0.39, 0.29) is 19.2 Å². The number of unbranched alkanes of at least 4 members (excludes halogenated alkanes) is 2. The lowest BCUT2D eigenvalue weighted by Gasteiger charge is -2.36. The van der Waals surface area contributed by atoms with Gasteiger partial charge in [-0.05, 0) is 19.8 Å². The molecule has 1 N–H and O–H groups in total. The molecule has 8 heteroatoms. The van der Waals surface area contributed by atoms with Crippen LogP contribution in [0, 0.1) is 0 Å². The second kappa shape index (κ2) is 12.7. The Kier molecular flexibility index (Phi) is 11.9. The maximum absolute atomic E-state index is 11.9. The molecule has 0 fully saturated rings. The predicted molar refractivity (Wildman–Crippen MR) is 89.6 cm³/mol. The zero-order chi connectivity index (χ0) is 19.3. The molecule has 0 aromatic heterocycles. The molecule has 0 saturated carbocycles. The average Bonchev–Trinajstić information content (AvgIpc) is 2.63. The van der Waals surface area contributed by atoms with Gasteiger partial charge in [0.05, 0.1) is 26.9 Å². The van der Waals surface area contributed by atoms with Gasteiger partial charge in [0.25, 0.3) is 0 Å². The third-order valence-corrected chi connectivity index (χ3v) is 3.68. The lowest BCUT2D eigenvalue weighted by Crippen LogP contribution is -2.47. The van der Waals surface area contributed by atoms with Gasteiger partial charge < -0.3 is 28.8 Å². The van der Waals surface area contributed by atoms with E-state index >= 15 is 0 Å². The van der Waals surface area contributed by atoms with E-state index in [0.717, 1.165) is 25.3 Å². The van der Waals surface area contributed by atoms with Gasteiger partial charge >= 0.3 is 11.9 Å². The molecule has 0 aromatic rings. The quantitative estimate of drug-likeness (QED) is 0.173. The fourth-order valence-electron chi connectivity index (χ4n) is 2.06. The largest absolute Gasteiger partial charge is 0.480 e. The maximum atomic E-state index is 11.9. The summed E-state index contributed by atoms with van der Waals surface area (Å²) in [7, 11) is 3.82. The first-order valence-electron chi connectivity index (χ1n) is 8.16. The monoisotopic (exact) mass is 362 g/mol. The molecule has 25 heavy (non-hydrogen) atoms. The van der Waals surface area contributed by atoms with E-state index < -0.39 is 23.6 Å². The van der Waals surface area contributed by atoms with Crippen LogP contribution < -0.4 is 0 Å². The van der Waals surface area contributed by atoms with Crippen LogP contribution in [-0.2, 0) is 33.3 Å². The van der Waals surface area contributed by atoms with Crippen molar-refractivity contribution in [1.29, 1.82) is 0 Å². The zero-order valence-electron chi connectivity index (χ0n) is 15.7. The number of rotatable bonds is 13. The highest BCUT2D eigenvalue weighted by atomic mass is 16.7. The van der Waals surface area contributed by atoms with E-state index in [1.54, 1.807) is 6.92 Å². The molecule has 0 rings (SSSR count). The van der Waals surface area contributed by atoms with Crippen LogP contribution in [0.2, 0.25) is 0 Å². The van der Waals surface area contributed by atoms with Crippen molar-refractivity contribution < 1.29 is 38.4 Å². The van der Waals surface area contributed by atoms with Crippen molar-refractivity contribution in [2.24, 2.45) is 0 Å². The molecule has 0 heterocycles. The number of esters is 2. The molecule has 0 amide bonds. The molecule has 2 atom stereocenters. The van der Waals surface area contributed by atoms with Gasteiger partial charge in [0.2, 0.25) is 5.76 Å².